The van der Waals surface area contributed by atoms with Crippen molar-refractivity contribution in [2.24, 2.45) is 0 Å². The maximum absolute atomic E-state index is 12.9. The molecule has 0 saturated carbocycles. The van der Waals surface area contributed by atoms with Crippen molar-refractivity contribution in [1.82, 2.24) is 0 Å². The van der Waals surface area contributed by atoms with Gasteiger partial charge in [-0.05, 0) is 172 Å². The number of carbonyl (C=O) groups is 4. The highest BCUT2D eigenvalue weighted by atomic mass is 16.6. The molecule has 426 valence electrons. The first-order chi connectivity index (χ1) is 39.1. The Kier molecular flexibility index (Phi) is 27.5. The second-order valence-electron chi connectivity index (χ2n) is 21.1. The van der Waals surface area contributed by atoms with E-state index in [0.717, 1.165) is 124 Å². The monoisotopic (exact) mass is 1090 g/mol. The Morgan fingerprint density at radius 2 is 0.550 bits per heavy atom. The Hall–Kier alpha value is -7.20. The van der Waals surface area contributed by atoms with Gasteiger partial charge in [-0.25, -0.2) is 19.2 Å². The van der Waals surface area contributed by atoms with Crippen molar-refractivity contribution in [3.63, 3.8) is 0 Å². The molecule has 0 N–H and O–H groups in total. The third-order valence-corrected chi connectivity index (χ3v) is 14.3. The van der Waals surface area contributed by atoms with Crippen LogP contribution in [0.15, 0.2) is 146 Å². The standard InChI is InChI=1S/C70H86O10/c1-5-7-9-11-19-23-51-75-63-43-35-57(36-44-63)55-27-31-59(32-28-55)69(73)79-65-47-39-61(40-48-65)67(71)77-53(3)25-21-17-15-13-14-16-18-22-26-54(4)78-68(72)62-41-49-66(50-42-62)80-70(74)60-33-29-56(30-34-60)58-37-45-64(46-38-58)76-52-24-20-12-10-8-6-2/h27-50,53-54H,5-26,51-52H2,1-4H3/t53-,54-/m0/s1. The number of esters is 4. The lowest BCUT2D eigenvalue weighted by Gasteiger charge is -2.14. The van der Waals surface area contributed by atoms with E-state index >= 15 is 0 Å². The van der Waals surface area contributed by atoms with E-state index in [4.69, 9.17) is 28.4 Å². The van der Waals surface area contributed by atoms with Gasteiger partial charge >= 0.3 is 23.9 Å². The predicted molar refractivity (Wildman–Crippen MR) is 320 cm³/mol. The van der Waals surface area contributed by atoms with Crippen LogP contribution in [0.2, 0.25) is 0 Å². The van der Waals surface area contributed by atoms with Crippen LogP contribution < -0.4 is 18.9 Å². The van der Waals surface area contributed by atoms with Gasteiger partial charge in [0, 0.05) is 0 Å². The number of rotatable bonds is 37. The average Bonchev–Trinajstić information content (AvgIpc) is 3.48. The summed E-state index contributed by atoms with van der Waals surface area (Å²) < 4.78 is 34.5. The molecule has 0 aliphatic heterocycles. The van der Waals surface area contributed by atoms with Crippen molar-refractivity contribution in [2.45, 2.75) is 181 Å². The van der Waals surface area contributed by atoms with Crippen LogP contribution in [0.1, 0.15) is 210 Å². The molecule has 0 spiro atoms. The van der Waals surface area contributed by atoms with Crippen LogP contribution in [0.3, 0.4) is 0 Å². The Bertz CT molecular complexity index is 2520. The summed E-state index contributed by atoms with van der Waals surface area (Å²) >= 11 is 0. The van der Waals surface area contributed by atoms with E-state index in [-0.39, 0.29) is 12.2 Å². The van der Waals surface area contributed by atoms with Gasteiger partial charge in [0.15, 0.2) is 0 Å². The third kappa shape index (κ3) is 22.5. The minimum absolute atomic E-state index is 0.213. The van der Waals surface area contributed by atoms with Crippen molar-refractivity contribution < 1.29 is 47.6 Å². The Balaban J connectivity index is 0.763. The molecule has 6 aromatic rings. The number of hydrogen-bond acceptors (Lipinski definition) is 10. The summed E-state index contributed by atoms with van der Waals surface area (Å²) in [5.74, 6) is 0.658. The second-order valence-corrected chi connectivity index (χ2v) is 21.1. The Labute approximate surface area is 476 Å². The maximum atomic E-state index is 12.9. The van der Waals surface area contributed by atoms with Crippen molar-refractivity contribution in [3.8, 4) is 45.3 Å². The molecule has 0 bridgehead atoms. The van der Waals surface area contributed by atoms with Gasteiger partial charge in [-0.15, -0.1) is 0 Å². The van der Waals surface area contributed by atoms with Gasteiger partial charge in [0.25, 0.3) is 0 Å². The lowest BCUT2D eigenvalue weighted by molar-refractivity contribution is 0.0308. The summed E-state index contributed by atoms with van der Waals surface area (Å²) in [6.45, 7) is 9.75. The first-order valence-corrected chi connectivity index (χ1v) is 29.8. The quantitative estimate of drug-likeness (QED) is 0.0212. The Morgan fingerprint density at radius 1 is 0.300 bits per heavy atom. The maximum Gasteiger partial charge on any atom is 0.343 e. The number of carbonyl (C=O) groups excluding carboxylic acids is 4. The van der Waals surface area contributed by atoms with Crippen molar-refractivity contribution in [1.29, 1.82) is 0 Å². The molecule has 6 rings (SSSR count). The minimum atomic E-state index is -0.477. The van der Waals surface area contributed by atoms with E-state index in [1.54, 1.807) is 72.8 Å². The number of unbranched alkanes of at least 4 members (excludes halogenated alkanes) is 17. The van der Waals surface area contributed by atoms with E-state index in [9.17, 15) is 19.2 Å². The van der Waals surface area contributed by atoms with Crippen LogP contribution >= 0.6 is 0 Å². The topological polar surface area (TPSA) is 124 Å². The lowest BCUT2D eigenvalue weighted by Crippen LogP contribution is -2.15. The van der Waals surface area contributed by atoms with Crippen molar-refractivity contribution >= 4 is 23.9 Å². The number of ether oxygens (including phenoxy) is 6. The molecule has 0 saturated heterocycles. The zero-order chi connectivity index (χ0) is 56.6. The number of benzene rings is 6. The van der Waals surface area contributed by atoms with Gasteiger partial charge in [0.05, 0.1) is 47.7 Å². The van der Waals surface area contributed by atoms with Crippen LogP contribution in [-0.2, 0) is 9.47 Å². The molecule has 10 heteroatoms. The highest BCUT2D eigenvalue weighted by Gasteiger charge is 2.17. The van der Waals surface area contributed by atoms with E-state index in [2.05, 4.69) is 13.8 Å². The molecule has 0 radical (unpaired) electrons. The molecule has 0 amide bonds. The van der Waals surface area contributed by atoms with Crippen LogP contribution in [-0.4, -0.2) is 49.3 Å². The SMILES string of the molecule is CCCCCCCCOc1ccc(-c2ccc(C(=O)Oc3ccc(C(=O)O[C@@H](C)CCCCCCCCCC[C@H](C)OC(=O)c4ccc(OC(=O)c5ccc(-c6ccc(OCCCCCCCC)cc6)cc5)cc4)cc3)cc2)cc1. The van der Waals surface area contributed by atoms with Crippen LogP contribution in [0, 0.1) is 0 Å². The van der Waals surface area contributed by atoms with Gasteiger partial charge in [0.1, 0.15) is 23.0 Å². The molecule has 0 aliphatic rings. The first kappa shape index (κ1) is 62.0. The van der Waals surface area contributed by atoms with Crippen LogP contribution in [0.5, 0.6) is 23.0 Å². The second kappa shape index (κ2) is 35.4. The summed E-state index contributed by atoms with van der Waals surface area (Å²) in [4.78, 5) is 51.6. The summed E-state index contributed by atoms with van der Waals surface area (Å²) in [5.41, 5.74) is 5.71. The van der Waals surface area contributed by atoms with Gasteiger partial charge in [-0.1, -0.05) is 165 Å². The molecular formula is C70H86O10. The molecule has 80 heavy (non-hydrogen) atoms. The Morgan fingerprint density at radius 3 is 0.875 bits per heavy atom. The van der Waals surface area contributed by atoms with Crippen molar-refractivity contribution in [2.75, 3.05) is 13.2 Å². The fourth-order valence-electron chi connectivity index (χ4n) is 9.42. The van der Waals surface area contributed by atoms with E-state index in [1.165, 1.54) is 64.2 Å². The smallest absolute Gasteiger partial charge is 0.343 e. The summed E-state index contributed by atoms with van der Waals surface area (Å²) in [5, 5.41) is 0. The molecule has 0 unspecified atom stereocenters. The third-order valence-electron chi connectivity index (χ3n) is 14.3. The number of hydrogen-bond donors (Lipinski definition) is 0. The van der Waals surface area contributed by atoms with E-state index in [1.807, 2.05) is 86.6 Å². The largest absolute Gasteiger partial charge is 0.494 e. The summed E-state index contributed by atoms with van der Waals surface area (Å²) in [6.07, 6.45) is 24.5. The molecule has 6 aromatic carbocycles. The molecule has 2 atom stereocenters. The fourth-order valence-corrected chi connectivity index (χ4v) is 9.42. The summed E-state index contributed by atoms with van der Waals surface area (Å²) in [7, 11) is 0. The molecule has 0 heterocycles. The van der Waals surface area contributed by atoms with E-state index in [0.29, 0.717) is 33.8 Å². The van der Waals surface area contributed by atoms with E-state index < -0.39 is 23.9 Å². The average molecular weight is 1090 g/mol. The fraction of sp³-hybridized carbons (Fsp3) is 0.429. The normalized spacial score (nSPS) is 11.8. The molecule has 0 aromatic heterocycles. The first-order valence-electron chi connectivity index (χ1n) is 29.8. The molecule has 0 aliphatic carbocycles. The minimum Gasteiger partial charge on any atom is -0.494 e. The van der Waals surface area contributed by atoms with Crippen molar-refractivity contribution in [3.05, 3.63) is 168 Å². The van der Waals surface area contributed by atoms with Gasteiger partial charge in [-0.3, -0.25) is 0 Å². The van der Waals surface area contributed by atoms with Gasteiger partial charge in [-0.2, -0.15) is 0 Å². The van der Waals surface area contributed by atoms with Crippen LogP contribution in [0.4, 0.5) is 0 Å². The molecule has 0 fully saturated rings. The zero-order valence-electron chi connectivity index (χ0n) is 48.1. The highest BCUT2D eigenvalue weighted by molar-refractivity contribution is 5.93. The predicted octanol–water partition coefficient (Wildman–Crippen LogP) is 18.6. The highest BCUT2D eigenvalue weighted by Crippen LogP contribution is 2.27. The lowest BCUT2D eigenvalue weighted by atomic mass is 10.0. The molecular weight excluding hydrogens is 1000 g/mol. The summed E-state index contributed by atoms with van der Waals surface area (Å²) in [6, 6.07) is 43.6. The zero-order valence-corrected chi connectivity index (χ0v) is 48.1. The molecule has 10 nitrogen and oxygen atoms in total. The van der Waals surface area contributed by atoms with Gasteiger partial charge < -0.3 is 28.4 Å². The van der Waals surface area contributed by atoms with Gasteiger partial charge in [0.2, 0.25) is 0 Å². The van der Waals surface area contributed by atoms with Crippen LogP contribution in [0.25, 0.3) is 22.3 Å².